The Labute approximate surface area is 119 Å². The fourth-order valence-corrected chi connectivity index (χ4v) is 4.01. The van der Waals surface area contributed by atoms with Crippen molar-refractivity contribution in [3.63, 3.8) is 0 Å². The van der Waals surface area contributed by atoms with Crippen LogP contribution in [-0.4, -0.2) is 49.8 Å². The molecule has 2 atom stereocenters. The van der Waals surface area contributed by atoms with E-state index in [4.69, 9.17) is 4.74 Å². The standard InChI is InChI=1S/C15H24N2OS/c1-4-14-15(5-1)18-11-10-17(14)9-8-16-7-6-13-3-2-12-19-13/h2-3,12,14-16H,1,4-11H2. The van der Waals surface area contributed by atoms with Gasteiger partial charge in [0.05, 0.1) is 12.7 Å². The second-order valence-electron chi connectivity index (χ2n) is 5.52. The van der Waals surface area contributed by atoms with E-state index in [0.717, 1.165) is 32.7 Å². The number of hydrogen-bond acceptors (Lipinski definition) is 4. The van der Waals surface area contributed by atoms with Crippen LogP contribution in [-0.2, 0) is 11.2 Å². The van der Waals surface area contributed by atoms with Crippen LogP contribution >= 0.6 is 11.3 Å². The first-order valence-corrected chi connectivity index (χ1v) is 8.40. The maximum absolute atomic E-state index is 5.85. The minimum absolute atomic E-state index is 0.528. The van der Waals surface area contributed by atoms with Gasteiger partial charge in [-0.25, -0.2) is 0 Å². The summed E-state index contributed by atoms with van der Waals surface area (Å²) in [6, 6.07) is 5.05. The Hall–Kier alpha value is -0.420. The first kappa shape index (κ1) is 13.6. The van der Waals surface area contributed by atoms with Crippen molar-refractivity contribution in [2.75, 3.05) is 32.8 Å². The zero-order valence-electron chi connectivity index (χ0n) is 11.5. The van der Waals surface area contributed by atoms with Crippen LogP contribution < -0.4 is 5.32 Å². The molecule has 106 valence electrons. The maximum Gasteiger partial charge on any atom is 0.0730 e. The van der Waals surface area contributed by atoms with Gasteiger partial charge in [0, 0.05) is 37.1 Å². The molecule has 1 N–H and O–H groups in total. The van der Waals surface area contributed by atoms with E-state index in [9.17, 15) is 0 Å². The largest absolute Gasteiger partial charge is 0.375 e. The highest BCUT2D eigenvalue weighted by Gasteiger charge is 2.35. The van der Waals surface area contributed by atoms with Crippen LogP contribution in [0.25, 0.3) is 0 Å². The molecule has 2 aliphatic rings. The molecule has 4 heteroatoms. The predicted molar refractivity (Wildman–Crippen MR) is 79.8 cm³/mol. The number of thiophene rings is 1. The van der Waals surface area contributed by atoms with Crippen LogP contribution in [0.4, 0.5) is 0 Å². The van der Waals surface area contributed by atoms with E-state index in [-0.39, 0.29) is 0 Å². The first-order valence-electron chi connectivity index (χ1n) is 7.52. The summed E-state index contributed by atoms with van der Waals surface area (Å²) in [6.07, 6.45) is 5.64. The summed E-state index contributed by atoms with van der Waals surface area (Å²) in [7, 11) is 0. The average molecular weight is 280 g/mol. The van der Waals surface area contributed by atoms with Gasteiger partial charge in [0.15, 0.2) is 0 Å². The highest BCUT2D eigenvalue weighted by molar-refractivity contribution is 7.09. The van der Waals surface area contributed by atoms with Gasteiger partial charge in [-0.3, -0.25) is 4.90 Å². The fraction of sp³-hybridized carbons (Fsp3) is 0.733. The Morgan fingerprint density at radius 1 is 1.37 bits per heavy atom. The first-order chi connectivity index (χ1) is 9.43. The second kappa shape index (κ2) is 6.84. The lowest BCUT2D eigenvalue weighted by Gasteiger charge is -2.37. The summed E-state index contributed by atoms with van der Waals surface area (Å²) >= 11 is 1.85. The van der Waals surface area contributed by atoms with Crippen LogP contribution in [0.15, 0.2) is 17.5 Å². The van der Waals surface area contributed by atoms with Gasteiger partial charge >= 0.3 is 0 Å². The summed E-state index contributed by atoms with van der Waals surface area (Å²) in [5.41, 5.74) is 0. The Balaban J connectivity index is 1.33. The van der Waals surface area contributed by atoms with Gasteiger partial charge in [0.2, 0.25) is 0 Å². The summed E-state index contributed by atoms with van der Waals surface area (Å²) in [5, 5.41) is 5.73. The molecule has 1 aliphatic carbocycles. The van der Waals surface area contributed by atoms with Crippen LogP contribution in [0.2, 0.25) is 0 Å². The quantitative estimate of drug-likeness (QED) is 0.808. The van der Waals surface area contributed by atoms with Crippen LogP contribution in [0.1, 0.15) is 24.1 Å². The Kier molecular flexibility index (Phi) is 4.88. The number of morpholine rings is 1. The Morgan fingerprint density at radius 2 is 2.37 bits per heavy atom. The van der Waals surface area contributed by atoms with Crippen molar-refractivity contribution in [1.82, 2.24) is 10.2 Å². The monoisotopic (exact) mass is 280 g/mol. The molecule has 19 heavy (non-hydrogen) atoms. The molecule has 3 rings (SSSR count). The van der Waals surface area contributed by atoms with Crippen molar-refractivity contribution in [3.8, 4) is 0 Å². The minimum atomic E-state index is 0.528. The Morgan fingerprint density at radius 3 is 3.26 bits per heavy atom. The lowest BCUT2D eigenvalue weighted by Crippen LogP contribution is -2.50. The molecule has 0 amide bonds. The molecule has 1 aromatic heterocycles. The molecule has 3 nitrogen and oxygen atoms in total. The predicted octanol–water partition coefficient (Wildman–Crippen LogP) is 2.13. The summed E-state index contributed by atoms with van der Waals surface area (Å²) in [6.45, 7) is 5.42. The number of rotatable bonds is 6. The smallest absolute Gasteiger partial charge is 0.0730 e. The van der Waals surface area contributed by atoms with Gasteiger partial charge in [-0.05, 0) is 37.1 Å². The van der Waals surface area contributed by atoms with Crippen molar-refractivity contribution in [2.45, 2.75) is 37.8 Å². The van der Waals surface area contributed by atoms with E-state index in [1.807, 2.05) is 11.3 Å². The highest BCUT2D eigenvalue weighted by atomic mass is 32.1. The average Bonchev–Trinajstić information content (AvgIpc) is 3.09. The molecular formula is C15H24N2OS. The van der Waals surface area contributed by atoms with Crippen molar-refractivity contribution in [2.24, 2.45) is 0 Å². The van der Waals surface area contributed by atoms with Gasteiger partial charge in [0.25, 0.3) is 0 Å². The number of nitrogens with one attached hydrogen (secondary N) is 1. The normalized spacial score (nSPS) is 27.6. The highest BCUT2D eigenvalue weighted by Crippen LogP contribution is 2.29. The fourth-order valence-electron chi connectivity index (χ4n) is 3.30. The number of nitrogens with zero attached hydrogens (tertiary/aromatic N) is 1. The SMILES string of the molecule is c1csc(CCNCCN2CCOC3CCCC32)c1. The van der Waals surface area contributed by atoms with Gasteiger partial charge in [-0.15, -0.1) is 11.3 Å². The number of ether oxygens (including phenoxy) is 1. The lowest BCUT2D eigenvalue weighted by atomic mass is 10.1. The van der Waals surface area contributed by atoms with E-state index >= 15 is 0 Å². The van der Waals surface area contributed by atoms with E-state index in [2.05, 4.69) is 27.7 Å². The molecule has 1 saturated heterocycles. The molecular weight excluding hydrogens is 256 g/mol. The molecule has 2 fully saturated rings. The molecule has 0 spiro atoms. The second-order valence-corrected chi connectivity index (χ2v) is 6.56. The van der Waals surface area contributed by atoms with Crippen molar-refractivity contribution >= 4 is 11.3 Å². The molecule has 2 heterocycles. The van der Waals surface area contributed by atoms with Gasteiger partial charge in [-0.2, -0.15) is 0 Å². The van der Waals surface area contributed by atoms with Crippen LogP contribution in [0.3, 0.4) is 0 Å². The van der Waals surface area contributed by atoms with Crippen molar-refractivity contribution in [3.05, 3.63) is 22.4 Å². The van der Waals surface area contributed by atoms with Gasteiger partial charge in [-0.1, -0.05) is 6.07 Å². The zero-order chi connectivity index (χ0) is 12.9. The molecule has 0 aromatic carbocycles. The van der Waals surface area contributed by atoms with E-state index in [1.54, 1.807) is 0 Å². The molecule has 1 aliphatic heterocycles. The van der Waals surface area contributed by atoms with E-state index in [0.29, 0.717) is 12.1 Å². The van der Waals surface area contributed by atoms with Crippen LogP contribution in [0.5, 0.6) is 0 Å². The topological polar surface area (TPSA) is 24.5 Å². The Bertz CT molecular complexity index is 368. The van der Waals surface area contributed by atoms with E-state index < -0.39 is 0 Å². The van der Waals surface area contributed by atoms with Crippen molar-refractivity contribution < 1.29 is 4.74 Å². The minimum Gasteiger partial charge on any atom is -0.375 e. The number of hydrogen-bond donors (Lipinski definition) is 1. The number of fused-ring (bicyclic) bond motifs is 1. The molecule has 2 unspecified atom stereocenters. The summed E-state index contributed by atoms with van der Waals surface area (Å²) in [4.78, 5) is 4.12. The maximum atomic E-state index is 5.85. The zero-order valence-corrected chi connectivity index (χ0v) is 12.3. The van der Waals surface area contributed by atoms with Gasteiger partial charge in [0.1, 0.15) is 0 Å². The van der Waals surface area contributed by atoms with Gasteiger partial charge < -0.3 is 10.1 Å². The third-order valence-electron chi connectivity index (χ3n) is 4.30. The summed E-state index contributed by atoms with van der Waals surface area (Å²) < 4.78 is 5.85. The molecule has 1 saturated carbocycles. The summed E-state index contributed by atoms with van der Waals surface area (Å²) in [5.74, 6) is 0. The third kappa shape index (κ3) is 3.57. The lowest BCUT2D eigenvalue weighted by molar-refractivity contribution is -0.0548. The molecule has 0 bridgehead atoms. The van der Waals surface area contributed by atoms with Crippen LogP contribution in [0, 0.1) is 0 Å². The van der Waals surface area contributed by atoms with Crippen molar-refractivity contribution in [1.29, 1.82) is 0 Å². The molecule has 0 radical (unpaired) electrons. The molecule has 1 aromatic rings. The third-order valence-corrected chi connectivity index (χ3v) is 5.24. The van der Waals surface area contributed by atoms with E-state index in [1.165, 1.54) is 30.7 Å².